The summed E-state index contributed by atoms with van der Waals surface area (Å²) in [5.41, 5.74) is 0.710. The van der Waals surface area contributed by atoms with E-state index < -0.39 is 23.6 Å². The SMILES string of the molecule is Cc1nc(C(=O)O)c(NC(=O)c2csc(C3CCN(C(=O)c4ccccc4-c4ccc(C(F)(F)F)cc4)CC3)n2)s1. The van der Waals surface area contributed by atoms with Gasteiger partial charge in [-0.25, -0.2) is 14.8 Å². The van der Waals surface area contributed by atoms with Crippen LogP contribution in [0.5, 0.6) is 0 Å². The van der Waals surface area contributed by atoms with E-state index in [1.165, 1.54) is 23.5 Å². The predicted octanol–water partition coefficient (Wildman–Crippen LogP) is 6.56. The van der Waals surface area contributed by atoms with Crippen LogP contribution in [0.25, 0.3) is 11.1 Å². The van der Waals surface area contributed by atoms with Gasteiger partial charge in [-0.15, -0.1) is 22.7 Å². The number of hydrogen-bond acceptors (Lipinski definition) is 7. The monoisotopic (exact) mass is 600 g/mol. The third-order valence-corrected chi connectivity index (χ3v) is 8.62. The fraction of sp³-hybridized carbons (Fsp3) is 0.250. The summed E-state index contributed by atoms with van der Waals surface area (Å²) in [5, 5.41) is 14.9. The molecule has 4 aromatic rings. The second-order valence-electron chi connectivity index (χ2n) is 9.43. The van der Waals surface area contributed by atoms with Crippen molar-refractivity contribution >= 4 is 45.5 Å². The molecule has 0 aliphatic carbocycles. The summed E-state index contributed by atoms with van der Waals surface area (Å²) in [6.45, 7) is 2.56. The molecule has 8 nitrogen and oxygen atoms in total. The number of benzene rings is 2. The number of amides is 2. The van der Waals surface area contributed by atoms with Crippen LogP contribution in [0.15, 0.2) is 53.9 Å². The number of halogens is 3. The van der Waals surface area contributed by atoms with Gasteiger partial charge in [0.1, 0.15) is 10.7 Å². The summed E-state index contributed by atoms with van der Waals surface area (Å²) in [6, 6.07) is 11.6. The Hall–Kier alpha value is -4.10. The third kappa shape index (κ3) is 6.15. The molecule has 13 heteroatoms. The van der Waals surface area contributed by atoms with Crippen LogP contribution in [0.4, 0.5) is 18.2 Å². The van der Waals surface area contributed by atoms with E-state index in [-0.39, 0.29) is 28.2 Å². The number of likely N-dealkylation sites (tertiary alicyclic amines) is 1. The zero-order valence-electron chi connectivity index (χ0n) is 21.6. The Morgan fingerprint density at radius 3 is 2.37 bits per heavy atom. The van der Waals surface area contributed by atoms with E-state index in [1.807, 2.05) is 0 Å². The van der Waals surface area contributed by atoms with Crippen molar-refractivity contribution in [2.24, 2.45) is 0 Å². The molecule has 0 unspecified atom stereocenters. The number of alkyl halides is 3. The lowest BCUT2D eigenvalue weighted by Gasteiger charge is -2.31. The highest BCUT2D eigenvalue weighted by Crippen LogP contribution is 2.34. The van der Waals surface area contributed by atoms with Crippen molar-refractivity contribution in [2.45, 2.75) is 31.9 Å². The first-order chi connectivity index (χ1) is 19.5. The number of carboxylic acids is 1. The number of aromatic carboxylic acids is 1. The maximum absolute atomic E-state index is 13.4. The van der Waals surface area contributed by atoms with Crippen molar-refractivity contribution < 1.29 is 32.7 Å². The normalized spacial score (nSPS) is 14.2. The number of carboxylic acid groups (broad SMARTS) is 1. The quantitative estimate of drug-likeness (QED) is 0.259. The molecule has 1 fully saturated rings. The molecule has 2 aromatic heterocycles. The predicted molar refractivity (Wildman–Crippen MR) is 149 cm³/mol. The first kappa shape index (κ1) is 28.4. The molecule has 0 spiro atoms. The smallest absolute Gasteiger partial charge is 0.416 e. The van der Waals surface area contributed by atoms with Gasteiger partial charge in [0.15, 0.2) is 5.69 Å². The van der Waals surface area contributed by atoms with Gasteiger partial charge in [-0.1, -0.05) is 30.3 Å². The number of aryl methyl sites for hydroxylation is 1. The minimum atomic E-state index is -4.44. The summed E-state index contributed by atoms with van der Waals surface area (Å²) in [4.78, 5) is 47.7. The first-order valence-electron chi connectivity index (χ1n) is 12.5. The molecule has 0 radical (unpaired) electrons. The van der Waals surface area contributed by atoms with Crippen molar-refractivity contribution in [3.63, 3.8) is 0 Å². The molecule has 2 amide bonds. The number of anilines is 1. The topological polar surface area (TPSA) is 112 Å². The van der Waals surface area contributed by atoms with Gasteiger partial charge < -0.3 is 15.3 Å². The van der Waals surface area contributed by atoms with Crippen LogP contribution in [0.2, 0.25) is 0 Å². The number of nitrogens with zero attached hydrogens (tertiary/aromatic N) is 3. The highest BCUT2D eigenvalue weighted by Gasteiger charge is 2.31. The highest BCUT2D eigenvalue weighted by atomic mass is 32.1. The molecule has 0 bridgehead atoms. The fourth-order valence-electron chi connectivity index (χ4n) is 4.66. The van der Waals surface area contributed by atoms with E-state index in [0.29, 0.717) is 47.6 Å². The molecule has 5 rings (SSSR count). The number of carbonyl (C=O) groups is 3. The van der Waals surface area contributed by atoms with Gasteiger partial charge in [-0.3, -0.25) is 9.59 Å². The summed E-state index contributed by atoms with van der Waals surface area (Å²) < 4.78 is 39.0. The van der Waals surface area contributed by atoms with E-state index in [4.69, 9.17) is 0 Å². The summed E-state index contributed by atoms with van der Waals surface area (Å²) >= 11 is 2.41. The Bertz CT molecular complexity index is 1610. The van der Waals surface area contributed by atoms with Gasteiger partial charge in [-0.05, 0) is 49.1 Å². The van der Waals surface area contributed by atoms with Crippen LogP contribution < -0.4 is 5.32 Å². The van der Waals surface area contributed by atoms with Crippen LogP contribution in [0.1, 0.15) is 65.7 Å². The Morgan fingerprint density at radius 1 is 1.02 bits per heavy atom. The average molecular weight is 601 g/mol. The second-order valence-corrected chi connectivity index (χ2v) is 11.5. The molecule has 1 saturated heterocycles. The van der Waals surface area contributed by atoms with Gasteiger partial charge >= 0.3 is 12.1 Å². The number of hydrogen-bond donors (Lipinski definition) is 2. The highest BCUT2D eigenvalue weighted by molar-refractivity contribution is 7.16. The van der Waals surface area contributed by atoms with Gasteiger partial charge in [0.05, 0.1) is 15.6 Å². The summed E-state index contributed by atoms with van der Waals surface area (Å²) in [6.07, 6.45) is -3.19. The molecule has 41 heavy (non-hydrogen) atoms. The van der Waals surface area contributed by atoms with E-state index in [0.717, 1.165) is 28.5 Å². The van der Waals surface area contributed by atoms with Crippen molar-refractivity contribution in [1.82, 2.24) is 14.9 Å². The van der Waals surface area contributed by atoms with E-state index >= 15 is 0 Å². The van der Waals surface area contributed by atoms with Gasteiger partial charge in [0, 0.05) is 30.0 Å². The number of carbonyl (C=O) groups excluding carboxylic acids is 2. The number of rotatable bonds is 6. The number of aromatic nitrogens is 2. The zero-order chi connectivity index (χ0) is 29.3. The molecule has 0 saturated carbocycles. The van der Waals surface area contributed by atoms with Crippen molar-refractivity contribution in [2.75, 3.05) is 18.4 Å². The van der Waals surface area contributed by atoms with Crippen LogP contribution in [-0.4, -0.2) is 50.8 Å². The molecule has 3 heterocycles. The number of nitrogens with one attached hydrogen (secondary N) is 1. The van der Waals surface area contributed by atoms with Crippen LogP contribution in [0, 0.1) is 6.92 Å². The minimum Gasteiger partial charge on any atom is -0.476 e. The standard InChI is InChI=1S/C28H23F3N4O4S2/c1-15-32-22(27(38)39)25(41-15)34-23(36)21-14-40-24(33-21)17-10-12-35(13-11-17)26(37)20-5-3-2-4-19(20)16-6-8-18(9-7-16)28(29,30)31/h2-9,14,17H,10-13H2,1H3,(H,34,36)(H,38,39). The Morgan fingerprint density at radius 2 is 1.71 bits per heavy atom. The fourth-order valence-corrected chi connectivity index (χ4v) is 6.44. The molecule has 1 aliphatic heterocycles. The summed E-state index contributed by atoms with van der Waals surface area (Å²) in [7, 11) is 0. The lowest BCUT2D eigenvalue weighted by Crippen LogP contribution is -2.38. The Labute approximate surface area is 240 Å². The van der Waals surface area contributed by atoms with Crippen LogP contribution in [-0.2, 0) is 6.18 Å². The summed E-state index contributed by atoms with van der Waals surface area (Å²) in [5.74, 6) is -1.92. The maximum Gasteiger partial charge on any atom is 0.416 e. The third-order valence-electron chi connectivity index (χ3n) is 6.73. The molecule has 2 aromatic carbocycles. The van der Waals surface area contributed by atoms with Crippen molar-refractivity contribution in [3.05, 3.63) is 86.4 Å². The largest absolute Gasteiger partial charge is 0.476 e. The van der Waals surface area contributed by atoms with Crippen molar-refractivity contribution in [1.29, 1.82) is 0 Å². The van der Waals surface area contributed by atoms with E-state index in [9.17, 15) is 32.7 Å². The van der Waals surface area contributed by atoms with Gasteiger partial charge in [-0.2, -0.15) is 13.2 Å². The second kappa shape index (κ2) is 11.4. The molecule has 212 valence electrons. The Balaban J connectivity index is 1.24. The zero-order valence-corrected chi connectivity index (χ0v) is 23.2. The molecular formula is C28H23F3N4O4S2. The number of thiazole rings is 2. The van der Waals surface area contributed by atoms with E-state index in [1.54, 1.807) is 41.5 Å². The van der Waals surface area contributed by atoms with E-state index in [2.05, 4.69) is 15.3 Å². The van der Waals surface area contributed by atoms with Crippen LogP contribution in [0.3, 0.4) is 0 Å². The van der Waals surface area contributed by atoms with Gasteiger partial charge in [0.2, 0.25) is 0 Å². The first-order valence-corrected chi connectivity index (χ1v) is 14.2. The van der Waals surface area contributed by atoms with Crippen LogP contribution >= 0.6 is 22.7 Å². The molecule has 1 aliphatic rings. The lowest BCUT2D eigenvalue weighted by molar-refractivity contribution is -0.137. The molecular weight excluding hydrogens is 577 g/mol. The minimum absolute atomic E-state index is 0.0380. The lowest BCUT2D eigenvalue weighted by atomic mass is 9.94. The maximum atomic E-state index is 13.4. The molecule has 2 N–H and O–H groups in total. The number of piperidine rings is 1. The Kier molecular flexibility index (Phi) is 7.91. The van der Waals surface area contributed by atoms with Crippen molar-refractivity contribution in [3.8, 4) is 11.1 Å². The molecule has 0 atom stereocenters. The average Bonchev–Trinajstić information content (AvgIpc) is 3.59. The van der Waals surface area contributed by atoms with Gasteiger partial charge in [0.25, 0.3) is 11.8 Å².